The lowest BCUT2D eigenvalue weighted by Gasteiger charge is -2.28. The molecule has 0 aliphatic heterocycles. The molecule has 1 atom stereocenters. The first kappa shape index (κ1) is 17.4. The molecule has 0 radical (unpaired) electrons. The normalized spacial score (nSPS) is 12.4. The summed E-state index contributed by atoms with van der Waals surface area (Å²) < 4.78 is 10.1. The molecule has 0 bridgehead atoms. The van der Waals surface area contributed by atoms with Crippen LogP contribution in [0.25, 0.3) is 0 Å². The second kappa shape index (κ2) is 11.4. The van der Waals surface area contributed by atoms with E-state index in [0.717, 1.165) is 19.3 Å². The molecule has 0 saturated carbocycles. The van der Waals surface area contributed by atoms with Crippen LogP contribution in [0.2, 0.25) is 0 Å². The van der Waals surface area contributed by atoms with Gasteiger partial charge in [0.25, 0.3) is 0 Å². The molecular weight excluding hydrogens is 232 g/mol. The number of amides is 1. The highest BCUT2D eigenvalue weighted by Crippen LogP contribution is 2.07. The molecule has 0 saturated heterocycles. The SMILES string of the molecule is COCCN(C(=O)CCCCCN)C(C)COC. The van der Waals surface area contributed by atoms with Crippen LogP contribution in [-0.2, 0) is 14.3 Å². The van der Waals surface area contributed by atoms with Crippen LogP contribution in [0, 0.1) is 0 Å². The van der Waals surface area contributed by atoms with E-state index in [9.17, 15) is 4.79 Å². The highest BCUT2D eigenvalue weighted by atomic mass is 16.5. The van der Waals surface area contributed by atoms with Gasteiger partial charge in [0.2, 0.25) is 5.91 Å². The summed E-state index contributed by atoms with van der Waals surface area (Å²) >= 11 is 0. The fourth-order valence-electron chi connectivity index (χ4n) is 1.85. The second-order valence-electron chi connectivity index (χ2n) is 4.48. The highest BCUT2D eigenvalue weighted by molar-refractivity contribution is 5.76. The molecule has 0 heterocycles. The predicted molar refractivity (Wildman–Crippen MR) is 72.4 cm³/mol. The van der Waals surface area contributed by atoms with Gasteiger partial charge in [-0.15, -0.1) is 0 Å². The number of nitrogens with two attached hydrogens (primary N) is 1. The lowest BCUT2D eigenvalue weighted by molar-refractivity contribution is -0.135. The summed E-state index contributed by atoms with van der Waals surface area (Å²) in [5.41, 5.74) is 5.43. The van der Waals surface area contributed by atoms with Crippen LogP contribution < -0.4 is 5.73 Å². The average Bonchev–Trinajstić information content (AvgIpc) is 2.35. The fraction of sp³-hybridized carbons (Fsp3) is 0.923. The number of methoxy groups -OCH3 is 2. The minimum Gasteiger partial charge on any atom is -0.383 e. The maximum Gasteiger partial charge on any atom is 0.222 e. The number of nitrogens with zero attached hydrogens (tertiary/aromatic N) is 1. The van der Waals surface area contributed by atoms with Crippen LogP contribution in [-0.4, -0.2) is 57.4 Å². The van der Waals surface area contributed by atoms with Gasteiger partial charge in [-0.3, -0.25) is 4.79 Å². The van der Waals surface area contributed by atoms with E-state index in [0.29, 0.717) is 32.7 Å². The first-order valence-electron chi connectivity index (χ1n) is 6.64. The maximum atomic E-state index is 12.1. The van der Waals surface area contributed by atoms with E-state index in [4.69, 9.17) is 15.2 Å². The first-order chi connectivity index (χ1) is 8.67. The zero-order valence-electron chi connectivity index (χ0n) is 12.0. The van der Waals surface area contributed by atoms with Crippen molar-refractivity contribution in [3.8, 4) is 0 Å². The number of hydrogen-bond acceptors (Lipinski definition) is 4. The zero-order chi connectivity index (χ0) is 13.8. The summed E-state index contributed by atoms with van der Waals surface area (Å²) in [6.07, 6.45) is 3.48. The second-order valence-corrected chi connectivity index (χ2v) is 4.48. The first-order valence-corrected chi connectivity index (χ1v) is 6.64. The molecule has 108 valence electrons. The Labute approximate surface area is 111 Å². The van der Waals surface area contributed by atoms with Crippen molar-refractivity contribution < 1.29 is 14.3 Å². The van der Waals surface area contributed by atoms with Crippen molar-refractivity contribution in [1.29, 1.82) is 0 Å². The van der Waals surface area contributed by atoms with Crippen molar-refractivity contribution in [2.24, 2.45) is 5.73 Å². The summed E-state index contributed by atoms with van der Waals surface area (Å²) in [5, 5.41) is 0. The van der Waals surface area contributed by atoms with Gasteiger partial charge in [-0.25, -0.2) is 0 Å². The van der Waals surface area contributed by atoms with Gasteiger partial charge < -0.3 is 20.1 Å². The Morgan fingerprint density at radius 3 is 2.50 bits per heavy atom. The highest BCUT2D eigenvalue weighted by Gasteiger charge is 2.19. The van der Waals surface area contributed by atoms with Crippen molar-refractivity contribution >= 4 is 5.91 Å². The molecular formula is C13H28N2O3. The maximum absolute atomic E-state index is 12.1. The molecule has 1 unspecified atom stereocenters. The topological polar surface area (TPSA) is 64.8 Å². The molecule has 5 nitrogen and oxygen atoms in total. The largest absolute Gasteiger partial charge is 0.383 e. The lowest BCUT2D eigenvalue weighted by Crippen LogP contribution is -2.42. The van der Waals surface area contributed by atoms with Crippen LogP contribution >= 0.6 is 0 Å². The van der Waals surface area contributed by atoms with Gasteiger partial charge >= 0.3 is 0 Å². The molecule has 0 aliphatic carbocycles. The smallest absolute Gasteiger partial charge is 0.222 e. The van der Waals surface area contributed by atoms with Crippen LogP contribution in [0.4, 0.5) is 0 Å². The van der Waals surface area contributed by atoms with E-state index in [-0.39, 0.29) is 11.9 Å². The zero-order valence-corrected chi connectivity index (χ0v) is 12.0. The van der Waals surface area contributed by atoms with E-state index in [1.165, 1.54) is 0 Å². The van der Waals surface area contributed by atoms with E-state index in [1.54, 1.807) is 14.2 Å². The van der Waals surface area contributed by atoms with Crippen LogP contribution in [0.3, 0.4) is 0 Å². The Hall–Kier alpha value is -0.650. The summed E-state index contributed by atoms with van der Waals surface area (Å²) in [4.78, 5) is 14.0. The van der Waals surface area contributed by atoms with Crippen LogP contribution in [0.5, 0.6) is 0 Å². The summed E-state index contributed by atoms with van der Waals surface area (Å²) in [6, 6.07) is 0.0900. The van der Waals surface area contributed by atoms with Crippen LogP contribution in [0.15, 0.2) is 0 Å². The van der Waals surface area contributed by atoms with Gasteiger partial charge in [-0.1, -0.05) is 6.42 Å². The quantitative estimate of drug-likeness (QED) is 0.563. The fourth-order valence-corrected chi connectivity index (χ4v) is 1.85. The molecule has 0 aromatic carbocycles. The summed E-state index contributed by atoms with van der Waals surface area (Å²) in [5.74, 6) is 0.175. The lowest BCUT2D eigenvalue weighted by atomic mass is 10.1. The Morgan fingerprint density at radius 2 is 1.94 bits per heavy atom. The minimum absolute atomic E-state index is 0.0900. The molecule has 0 fully saturated rings. The van der Waals surface area contributed by atoms with E-state index >= 15 is 0 Å². The third-order valence-electron chi connectivity index (χ3n) is 2.89. The molecule has 18 heavy (non-hydrogen) atoms. The van der Waals surface area contributed by atoms with Gasteiger partial charge in [-0.05, 0) is 26.3 Å². The Kier molecular flexibility index (Phi) is 11.0. The van der Waals surface area contributed by atoms with Crippen molar-refractivity contribution in [3.05, 3.63) is 0 Å². The van der Waals surface area contributed by atoms with Gasteiger partial charge in [0.1, 0.15) is 0 Å². The average molecular weight is 260 g/mol. The molecule has 0 aliphatic rings. The summed E-state index contributed by atoms with van der Waals surface area (Å²) in [6.45, 7) is 4.43. The molecule has 0 aromatic heterocycles. The van der Waals surface area contributed by atoms with Crippen molar-refractivity contribution in [1.82, 2.24) is 4.90 Å². The van der Waals surface area contributed by atoms with Gasteiger partial charge in [0.05, 0.1) is 19.3 Å². The van der Waals surface area contributed by atoms with Gasteiger partial charge in [0.15, 0.2) is 0 Å². The van der Waals surface area contributed by atoms with Gasteiger partial charge in [-0.2, -0.15) is 0 Å². The molecule has 1 amide bonds. The van der Waals surface area contributed by atoms with Gasteiger partial charge in [0, 0.05) is 27.2 Å². The van der Waals surface area contributed by atoms with Crippen molar-refractivity contribution in [2.75, 3.05) is 40.5 Å². The summed E-state index contributed by atoms with van der Waals surface area (Å²) in [7, 11) is 3.29. The number of unbranched alkanes of at least 4 members (excludes halogenated alkanes) is 2. The monoisotopic (exact) mass is 260 g/mol. The standard InChI is InChI=1S/C13H28N2O3/c1-12(11-18-3)15(9-10-17-2)13(16)7-5-4-6-8-14/h12H,4-11,14H2,1-3H3. The number of rotatable bonds is 11. The molecule has 0 rings (SSSR count). The number of carbonyl (C=O) groups is 1. The third kappa shape index (κ3) is 7.63. The van der Waals surface area contributed by atoms with Crippen molar-refractivity contribution in [2.45, 2.75) is 38.6 Å². The van der Waals surface area contributed by atoms with E-state index in [2.05, 4.69) is 0 Å². The van der Waals surface area contributed by atoms with E-state index < -0.39 is 0 Å². The Morgan fingerprint density at radius 1 is 1.22 bits per heavy atom. The van der Waals surface area contributed by atoms with Crippen molar-refractivity contribution in [3.63, 3.8) is 0 Å². The molecule has 2 N–H and O–H groups in total. The predicted octanol–water partition coefficient (Wildman–Crippen LogP) is 1.02. The number of hydrogen-bond donors (Lipinski definition) is 1. The van der Waals surface area contributed by atoms with Crippen LogP contribution in [0.1, 0.15) is 32.6 Å². The Bertz CT molecular complexity index is 212. The number of ether oxygens (including phenoxy) is 2. The molecule has 5 heteroatoms. The molecule has 0 aromatic rings. The third-order valence-corrected chi connectivity index (χ3v) is 2.89. The molecule has 0 spiro atoms. The number of carbonyl (C=O) groups excluding carboxylic acids is 1. The van der Waals surface area contributed by atoms with E-state index in [1.807, 2.05) is 11.8 Å². The Balaban J connectivity index is 4.13. The minimum atomic E-state index is 0.0900.